The molecule has 1 atom stereocenters. The lowest BCUT2D eigenvalue weighted by atomic mass is 10.2. The fourth-order valence-electron chi connectivity index (χ4n) is 1.32. The van der Waals surface area contributed by atoms with Crippen LogP contribution in [-0.2, 0) is 9.59 Å². The number of nitrogens with two attached hydrogens (primary N) is 1. The van der Waals surface area contributed by atoms with Crippen LogP contribution in [0.4, 0.5) is 0 Å². The van der Waals surface area contributed by atoms with E-state index in [0.717, 1.165) is 0 Å². The van der Waals surface area contributed by atoms with E-state index in [4.69, 9.17) is 10.8 Å². The van der Waals surface area contributed by atoms with Crippen molar-refractivity contribution >= 4 is 11.9 Å². The number of amides is 1. The fraction of sp³-hybridized carbons (Fsp3) is 0.750. The number of carbonyl (C=O) groups is 2. The Kier molecular flexibility index (Phi) is 3.43. The highest BCUT2D eigenvalue weighted by Crippen LogP contribution is 2.01. The summed E-state index contributed by atoms with van der Waals surface area (Å²) in [6, 6.07) is -0.911. The molecule has 1 fully saturated rings. The highest BCUT2D eigenvalue weighted by Gasteiger charge is 2.24. The van der Waals surface area contributed by atoms with E-state index < -0.39 is 12.0 Å². The molecule has 0 aliphatic carbocycles. The van der Waals surface area contributed by atoms with Crippen molar-refractivity contribution < 1.29 is 14.7 Å². The predicted molar refractivity (Wildman–Crippen MR) is 49.7 cm³/mol. The Hall–Kier alpha value is -1.14. The summed E-state index contributed by atoms with van der Waals surface area (Å²) in [7, 11) is 1.73. The van der Waals surface area contributed by atoms with Crippen molar-refractivity contribution in [2.45, 2.75) is 6.04 Å². The van der Waals surface area contributed by atoms with Gasteiger partial charge in [0.15, 0.2) is 0 Å². The van der Waals surface area contributed by atoms with Crippen LogP contribution in [0.5, 0.6) is 0 Å². The van der Waals surface area contributed by atoms with Crippen LogP contribution in [0, 0.1) is 0 Å². The van der Waals surface area contributed by atoms with Crippen molar-refractivity contribution in [1.29, 1.82) is 0 Å². The van der Waals surface area contributed by atoms with E-state index in [1.54, 1.807) is 16.8 Å². The van der Waals surface area contributed by atoms with Gasteiger partial charge in [0.2, 0.25) is 5.91 Å². The van der Waals surface area contributed by atoms with E-state index in [1.807, 2.05) is 0 Å². The number of likely N-dealkylation sites (N-methyl/N-ethyl adjacent to an activating group) is 1. The molecule has 6 nitrogen and oxygen atoms in total. The highest BCUT2D eigenvalue weighted by atomic mass is 16.4. The standard InChI is InChI=1S/C8H15N3O3/c1-10-2-3-11(5-7(10)12)4-6(9)8(13)14/h6H,2-5,9H2,1H3,(H,13,14). The minimum atomic E-state index is -1.03. The molecule has 14 heavy (non-hydrogen) atoms. The number of rotatable bonds is 3. The zero-order chi connectivity index (χ0) is 10.7. The third kappa shape index (κ3) is 2.68. The molecule has 0 aromatic rings. The van der Waals surface area contributed by atoms with Gasteiger partial charge in [-0.25, -0.2) is 0 Å². The second-order valence-corrected chi connectivity index (χ2v) is 3.50. The van der Waals surface area contributed by atoms with Crippen LogP contribution >= 0.6 is 0 Å². The zero-order valence-corrected chi connectivity index (χ0v) is 8.14. The molecule has 80 valence electrons. The van der Waals surface area contributed by atoms with Gasteiger partial charge < -0.3 is 15.7 Å². The summed E-state index contributed by atoms with van der Waals surface area (Å²) in [5.41, 5.74) is 5.36. The van der Waals surface area contributed by atoms with Gasteiger partial charge in [0.25, 0.3) is 0 Å². The molecule has 0 spiro atoms. The van der Waals surface area contributed by atoms with Gasteiger partial charge in [-0.3, -0.25) is 14.5 Å². The Balaban J connectivity index is 2.40. The molecule has 0 radical (unpaired) electrons. The van der Waals surface area contributed by atoms with E-state index in [9.17, 15) is 9.59 Å². The molecule has 1 aliphatic rings. The van der Waals surface area contributed by atoms with Crippen molar-refractivity contribution in [2.24, 2.45) is 5.73 Å². The minimum absolute atomic E-state index is 0.00818. The first-order chi connectivity index (χ1) is 6.50. The lowest BCUT2D eigenvalue weighted by Crippen LogP contribution is -2.52. The van der Waals surface area contributed by atoms with Gasteiger partial charge in [-0.05, 0) is 0 Å². The van der Waals surface area contributed by atoms with E-state index in [1.165, 1.54) is 0 Å². The Morgan fingerprint density at radius 2 is 2.29 bits per heavy atom. The topological polar surface area (TPSA) is 86.9 Å². The van der Waals surface area contributed by atoms with Crippen LogP contribution in [0.15, 0.2) is 0 Å². The van der Waals surface area contributed by atoms with Gasteiger partial charge in [-0.2, -0.15) is 0 Å². The molecule has 1 amide bonds. The lowest BCUT2D eigenvalue weighted by Gasteiger charge is -2.32. The number of carboxylic acid groups (broad SMARTS) is 1. The molecular formula is C8H15N3O3. The molecule has 3 N–H and O–H groups in total. The van der Waals surface area contributed by atoms with Crippen LogP contribution in [0.25, 0.3) is 0 Å². The summed E-state index contributed by atoms with van der Waals surface area (Å²) in [6.07, 6.45) is 0. The molecule has 1 heterocycles. The predicted octanol–water partition coefficient (Wildman–Crippen LogP) is -1.83. The molecule has 6 heteroatoms. The smallest absolute Gasteiger partial charge is 0.321 e. The maximum Gasteiger partial charge on any atom is 0.321 e. The number of nitrogens with zero attached hydrogens (tertiary/aromatic N) is 2. The quantitative estimate of drug-likeness (QED) is 0.561. The Labute approximate surface area is 82.3 Å². The summed E-state index contributed by atoms with van der Waals surface area (Å²) >= 11 is 0. The Bertz CT molecular complexity index is 244. The van der Waals surface area contributed by atoms with Crippen molar-refractivity contribution in [3.63, 3.8) is 0 Å². The summed E-state index contributed by atoms with van der Waals surface area (Å²) in [6.45, 7) is 1.81. The van der Waals surface area contributed by atoms with Crippen LogP contribution < -0.4 is 5.73 Å². The van der Waals surface area contributed by atoms with Gasteiger partial charge >= 0.3 is 5.97 Å². The van der Waals surface area contributed by atoms with Crippen LogP contribution in [-0.4, -0.2) is 66.1 Å². The van der Waals surface area contributed by atoms with Gasteiger partial charge in [0, 0.05) is 26.7 Å². The third-order valence-corrected chi connectivity index (χ3v) is 2.31. The normalized spacial score (nSPS) is 21.0. The summed E-state index contributed by atoms with van der Waals surface area (Å²) < 4.78 is 0. The molecule has 1 unspecified atom stereocenters. The van der Waals surface area contributed by atoms with Crippen LogP contribution in [0.3, 0.4) is 0 Å². The molecule has 1 rings (SSSR count). The highest BCUT2D eigenvalue weighted by molar-refractivity contribution is 5.79. The second-order valence-electron chi connectivity index (χ2n) is 3.50. The minimum Gasteiger partial charge on any atom is -0.480 e. The SMILES string of the molecule is CN1CCN(CC(N)C(=O)O)CC1=O. The van der Waals surface area contributed by atoms with Gasteiger partial charge in [-0.15, -0.1) is 0 Å². The number of carboxylic acids is 1. The molecule has 0 saturated carbocycles. The Morgan fingerprint density at radius 3 is 2.79 bits per heavy atom. The van der Waals surface area contributed by atoms with Crippen LogP contribution in [0.1, 0.15) is 0 Å². The van der Waals surface area contributed by atoms with Crippen molar-refractivity contribution in [1.82, 2.24) is 9.80 Å². The molecule has 0 aromatic carbocycles. The molecule has 1 saturated heterocycles. The number of aliphatic carboxylic acids is 1. The fourth-order valence-corrected chi connectivity index (χ4v) is 1.32. The van der Waals surface area contributed by atoms with Crippen molar-refractivity contribution in [3.05, 3.63) is 0 Å². The lowest BCUT2D eigenvalue weighted by molar-refractivity contribution is -0.141. The summed E-state index contributed by atoms with van der Waals surface area (Å²) in [5, 5.41) is 8.58. The van der Waals surface area contributed by atoms with Gasteiger partial charge in [0.1, 0.15) is 6.04 Å². The van der Waals surface area contributed by atoms with Crippen LogP contribution in [0.2, 0.25) is 0 Å². The number of hydrogen-bond acceptors (Lipinski definition) is 4. The van der Waals surface area contributed by atoms with E-state index in [-0.39, 0.29) is 19.0 Å². The third-order valence-electron chi connectivity index (χ3n) is 2.31. The monoisotopic (exact) mass is 201 g/mol. The van der Waals surface area contributed by atoms with E-state index >= 15 is 0 Å². The second kappa shape index (κ2) is 4.39. The molecule has 0 bridgehead atoms. The van der Waals surface area contributed by atoms with Gasteiger partial charge in [0.05, 0.1) is 6.54 Å². The first-order valence-electron chi connectivity index (χ1n) is 4.45. The first kappa shape index (κ1) is 10.9. The van der Waals surface area contributed by atoms with E-state index in [0.29, 0.717) is 13.1 Å². The van der Waals surface area contributed by atoms with Crippen molar-refractivity contribution in [3.8, 4) is 0 Å². The number of hydrogen-bond donors (Lipinski definition) is 2. The molecule has 1 aliphatic heterocycles. The Morgan fingerprint density at radius 1 is 1.64 bits per heavy atom. The largest absolute Gasteiger partial charge is 0.480 e. The summed E-state index contributed by atoms with van der Waals surface area (Å²) in [5.74, 6) is -1.02. The summed E-state index contributed by atoms with van der Waals surface area (Å²) in [4.78, 5) is 25.1. The maximum atomic E-state index is 11.3. The van der Waals surface area contributed by atoms with E-state index in [2.05, 4.69) is 0 Å². The zero-order valence-electron chi connectivity index (χ0n) is 8.14. The molecular weight excluding hydrogens is 186 g/mol. The first-order valence-corrected chi connectivity index (χ1v) is 4.45. The maximum absolute atomic E-state index is 11.3. The number of carbonyl (C=O) groups excluding carboxylic acids is 1. The van der Waals surface area contributed by atoms with Crippen molar-refractivity contribution in [2.75, 3.05) is 33.2 Å². The molecule has 0 aromatic heterocycles. The number of piperazine rings is 1. The van der Waals surface area contributed by atoms with Gasteiger partial charge in [-0.1, -0.05) is 0 Å². The average molecular weight is 201 g/mol. The average Bonchev–Trinajstić information content (AvgIpc) is 2.11.